The van der Waals surface area contributed by atoms with Gasteiger partial charge in [0.25, 0.3) is 0 Å². The van der Waals surface area contributed by atoms with E-state index < -0.39 is 0 Å². The third-order valence-electron chi connectivity index (χ3n) is 11.2. The van der Waals surface area contributed by atoms with Crippen molar-refractivity contribution >= 4 is 0 Å². The van der Waals surface area contributed by atoms with E-state index in [1.54, 1.807) is 12.1 Å². The number of rotatable bonds is 10. The van der Waals surface area contributed by atoms with Crippen molar-refractivity contribution in [1.29, 1.82) is 0 Å². The smallest absolute Gasteiger partial charge is 0.124 e. The fraction of sp³-hybridized carbons (Fsp3) is 0.143. The summed E-state index contributed by atoms with van der Waals surface area (Å²) in [7, 11) is 0. The summed E-state index contributed by atoms with van der Waals surface area (Å²) >= 11 is 0. The Kier molecular flexibility index (Phi) is 13.8. The number of aliphatic hydroxyl groups is 1. The maximum atomic E-state index is 9.52. The molecule has 0 unspecified atom stereocenters. The highest BCUT2D eigenvalue weighted by Gasteiger charge is 2.35. The van der Waals surface area contributed by atoms with Gasteiger partial charge in [-0.2, -0.15) is 0 Å². The molecule has 8 aromatic rings. The van der Waals surface area contributed by atoms with E-state index in [4.69, 9.17) is 9.84 Å². The minimum absolute atomic E-state index is 0.167. The third kappa shape index (κ3) is 10.9. The molecule has 0 radical (unpaired) electrons. The molecule has 10 rings (SSSR count). The molecular weight excluding hydrogens is 749 g/mol. The molecule has 0 aromatic heterocycles. The molecule has 5 nitrogen and oxygen atoms in total. The predicted molar refractivity (Wildman–Crippen MR) is 248 cm³/mol. The van der Waals surface area contributed by atoms with Gasteiger partial charge in [0.2, 0.25) is 0 Å². The molecule has 0 saturated carbocycles. The molecule has 2 aliphatic heterocycles. The van der Waals surface area contributed by atoms with Gasteiger partial charge in [-0.25, -0.2) is 0 Å². The monoisotopic (exact) mass is 800 g/mol. The van der Waals surface area contributed by atoms with E-state index in [9.17, 15) is 5.11 Å². The number of phenolic OH excluding ortho intramolecular Hbond substituents is 1. The Morgan fingerprint density at radius 1 is 0.361 bits per heavy atom. The topological polar surface area (TPSA) is 56.2 Å². The Balaban J connectivity index is 0.000000140. The van der Waals surface area contributed by atoms with Crippen molar-refractivity contribution in [3.63, 3.8) is 0 Å². The number of aliphatic hydroxyl groups excluding tert-OH is 1. The first kappa shape index (κ1) is 41.0. The predicted octanol–water partition coefficient (Wildman–Crippen LogP) is 11.7. The number of phenols is 1. The lowest BCUT2D eigenvalue weighted by molar-refractivity contribution is -0.0160. The molecule has 2 aliphatic rings. The number of benzene rings is 8. The average molecular weight is 801 g/mol. The Hall–Kier alpha value is -6.76. The lowest BCUT2D eigenvalue weighted by Crippen LogP contribution is -2.55. The molecule has 0 amide bonds. The van der Waals surface area contributed by atoms with E-state index in [0.29, 0.717) is 5.75 Å². The Morgan fingerprint density at radius 3 is 1.00 bits per heavy atom. The van der Waals surface area contributed by atoms with Gasteiger partial charge in [-0.05, 0) is 68.8 Å². The fourth-order valence-corrected chi connectivity index (χ4v) is 8.06. The van der Waals surface area contributed by atoms with Gasteiger partial charge in [-0.3, -0.25) is 9.80 Å². The summed E-state index contributed by atoms with van der Waals surface area (Å²) in [6, 6.07) is 79.2. The van der Waals surface area contributed by atoms with Crippen LogP contribution in [0, 0.1) is 0 Å². The van der Waals surface area contributed by atoms with Crippen LogP contribution in [0.3, 0.4) is 0 Å². The van der Waals surface area contributed by atoms with E-state index in [1.807, 2.05) is 60.7 Å². The molecule has 2 saturated heterocycles. The van der Waals surface area contributed by atoms with E-state index >= 15 is 0 Å². The summed E-state index contributed by atoms with van der Waals surface area (Å²) < 4.78 is 6.25. The molecule has 304 valence electrons. The minimum Gasteiger partial charge on any atom is -0.508 e. The molecule has 0 spiro atoms. The fourth-order valence-electron chi connectivity index (χ4n) is 8.06. The maximum Gasteiger partial charge on any atom is 0.124 e. The second-order valence-corrected chi connectivity index (χ2v) is 15.6. The van der Waals surface area contributed by atoms with Crippen LogP contribution in [0.25, 0.3) is 22.3 Å². The van der Waals surface area contributed by atoms with Crippen molar-refractivity contribution in [2.75, 3.05) is 26.2 Å². The van der Waals surface area contributed by atoms with E-state index in [-0.39, 0.29) is 24.3 Å². The highest BCUT2D eigenvalue weighted by atomic mass is 16.5. The highest BCUT2D eigenvalue weighted by molar-refractivity contribution is 5.64. The largest absolute Gasteiger partial charge is 0.508 e. The normalized spacial score (nSPS) is 14.1. The van der Waals surface area contributed by atoms with Gasteiger partial charge in [0.15, 0.2) is 0 Å². The Morgan fingerprint density at radius 2 is 0.656 bits per heavy atom. The van der Waals surface area contributed by atoms with Crippen LogP contribution < -0.4 is 4.74 Å². The van der Waals surface area contributed by atoms with Crippen molar-refractivity contribution in [2.24, 2.45) is 0 Å². The van der Waals surface area contributed by atoms with Crippen LogP contribution in [-0.4, -0.2) is 58.4 Å². The minimum atomic E-state index is -0.167. The first-order valence-corrected chi connectivity index (χ1v) is 21.1. The van der Waals surface area contributed by atoms with Gasteiger partial charge >= 0.3 is 0 Å². The number of hydrogen-bond donors (Lipinski definition) is 2. The summed E-state index contributed by atoms with van der Waals surface area (Å²) in [5, 5.41) is 18.6. The summed E-state index contributed by atoms with van der Waals surface area (Å²) in [4.78, 5) is 4.81. The maximum absolute atomic E-state index is 9.52. The molecule has 2 heterocycles. The number of nitrogens with zero attached hydrogens (tertiary/aromatic N) is 2. The van der Waals surface area contributed by atoms with Gasteiger partial charge in [0.05, 0.1) is 18.2 Å². The summed E-state index contributed by atoms with van der Waals surface area (Å²) in [5.74, 6) is 1.25. The van der Waals surface area contributed by atoms with Crippen molar-refractivity contribution in [1.82, 2.24) is 9.80 Å². The van der Waals surface area contributed by atoms with Crippen LogP contribution >= 0.6 is 0 Å². The zero-order valence-electron chi connectivity index (χ0n) is 34.3. The van der Waals surface area contributed by atoms with Crippen LogP contribution in [-0.2, 0) is 0 Å². The lowest BCUT2D eigenvalue weighted by atomic mass is 9.94. The summed E-state index contributed by atoms with van der Waals surface area (Å²) in [6.45, 7) is 3.37. The van der Waals surface area contributed by atoms with Gasteiger partial charge in [-0.15, -0.1) is 0 Å². The average Bonchev–Trinajstić information content (AvgIpc) is 3.31. The van der Waals surface area contributed by atoms with Gasteiger partial charge < -0.3 is 14.9 Å². The molecule has 0 aliphatic carbocycles. The van der Waals surface area contributed by atoms with Crippen LogP contribution in [0.4, 0.5) is 0 Å². The number of hydrogen-bond acceptors (Lipinski definition) is 5. The van der Waals surface area contributed by atoms with Gasteiger partial charge in [-0.1, -0.05) is 206 Å². The highest BCUT2D eigenvalue weighted by Crippen LogP contribution is 2.35. The lowest BCUT2D eigenvalue weighted by Gasteiger charge is -2.44. The quantitative estimate of drug-likeness (QED) is 0.144. The van der Waals surface area contributed by atoms with Crippen molar-refractivity contribution < 1.29 is 14.9 Å². The van der Waals surface area contributed by atoms with Crippen LogP contribution in [0.15, 0.2) is 231 Å². The number of likely N-dealkylation sites (tertiary alicyclic amines) is 2. The van der Waals surface area contributed by atoms with Crippen molar-refractivity contribution in [2.45, 2.75) is 24.3 Å². The number of ether oxygens (including phenoxy) is 1. The second-order valence-electron chi connectivity index (χ2n) is 15.6. The number of aromatic hydroxyl groups is 1. The summed E-state index contributed by atoms with van der Waals surface area (Å²) in [6.07, 6.45) is 0.0578. The van der Waals surface area contributed by atoms with E-state index in [0.717, 1.165) is 37.5 Å². The zero-order valence-corrected chi connectivity index (χ0v) is 34.3. The Labute approximate surface area is 360 Å². The molecule has 2 fully saturated rings. The first-order chi connectivity index (χ1) is 30.1. The molecular formula is C56H52N2O3. The van der Waals surface area contributed by atoms with Gasteiger partial charge in [0.1, 0.15) is 17.6 Å². The van der Waals surface area contributed by atoms with Gasteiger partial charge in [0, 0.05) is 26.2 Å². The van der Waals surface area contributed by atoms with Crippen molar-refractivity contribution in [3.05, 3.63) is 253 Å². The molecule has 2 N–H and O–H groups in total. The molecule has 61 heavy (non-hydrogen) atoms. The molecule has 0 bridgehead atoms. The van der Waals surface area contributed by atoms with E-state index in [1.165, 1.54) is 38.9 Å². The van der Waals surface area contributed by atoms with Crippen LogP contribution in [0.1, 0.15) is 34.3 Å². The molecule has 8 aromatic carbocycles. The van der Waals surface area contributed by atoms with Crippen molar-refractivity contribution in [3.8, 4) is 33.8 Å². The second kappa shape index (κ2) is 20.5. The standard InChI is InChI=1S/C28H25NO.C16H17NO.C12H10O/c1-4-10-22(11-5-1)23-16-18-26(19-17-23)30-27-20-29(21-27)28(24-12-6-2-7-13-24)25-14-8-3-9-15-25;18-15-11-17(12-15)16(13-7-3-1-4-8-13)14-9-5-2-6-10-14;13-12-8-6-11(7-9-12)10-4-2-1-3-5-10/h1-19,27-28H,20-21H2;1-10,15-16,18H,11-12H2;1-9,13H. The first-order valence-electron chi connectivity index (χ1n) is 21.1. The zero-order chi connectivity index (χ0) is 41.6. The third-order valence-corrected chi connectivity index (χ3v) is 11.2. The van der Waals surface area contributed by atoms with Crippen LogP contribution in [0.2, 0.25) is 0 Å². The number of β-amino-alcohol motifs (C(OH)–C–C–N with tert-alkyl or cyclic N) is 1. The molecule has 5 heteroatoms. The van der Waals surface area contributed by atoms with Crippen LogP contribution in [0.5, 0.6) is 11.5 Å². The van der Waals surface area contributed by atoms with E-state index in [2.05, 4.69) is 168 Å². The molecule has 0 atom stereocenters. The Bertz CT molecular complexity index is 2380. The SMILES string of the molecule is OC1CN(C(c2ccccc2)c2ccccc2)C1.Oc1ccc(-c2ccccc2)cc1.c1ccc(-c2ccc(OC3CN(C(c4ccccc4)c4ccccc4)C3)cc2)cc1. The summed E-state index contributed by atoms with van der Waals surface area (Å²) in [5.41, 5.74) is 9.97.